The third-order valence-electron chi connectivity index (χ3n) is 5.05. The maximum atomic E-state index is 12.6. The maximum absolute atomic E-state index is 12.6. The van der Waals surface area contributed by atoms with Gasteiger partial charge in [-0.2, -0.15) is 5.10 Å². The fourth-order valence-corrected chi connectivity index (χ4v) is 3.49. The SMILES string of the molecule is CCC(=NN1CCCC[C@H]1c1cccnc1)c1c(O)n(C)c(=O)n(C)c1=O. The summed E-state index contributed by atoms with van der Waals surface area (Å²) in [5.74, 6) is -0.348. The van der Waals surface area contributed by atoms with Crippen LogP contribution < -0.4 is 11.2 Å². The van der Waals surface area contributed by atoms with Crippen LogP contribution in [-0.4, -0.2) is 36.5 Å². The van der Waals surface area contributed by atoms with Gasteiger partial charge in [0.15, 0.2) is 0 Å². The lowest BCUT2D eigenvalue weighted by Gasteiger charge is -2.34. The van der Waals surface area contributed by atoms with Crippen molar-refractivity contribution in [3.8, 4) is 5.88 Å². The number of nitrogens with zero attached hydrogens (tertiary/aromatic N) is 5. The minimum Gasteiger partial charge on any atom is -0.494 e. The van der Waals surface area contributed by atoms with Crippen LogP contribution in [0.3, 0.4) is 0 Å². The first-order valence-electron chi connectivity index (χ1n) is 9.19. The van der Waals surface area contributed by atoms with Gasteiger partial charge in [-0.05, 0) is 37.3 Å². The summed E-state index contributed by atoms with van der Waals surface area (Å²) in [6, 6.07) is 4.01. The van der Waals surface area contributed by atoms with E-state index < -0.39 is 11.2 Å². The van der Waals surface area contributed by atoms with Crippen molar-refractivity contribution in [3.63, 3.8) is 0 Å². The van der Waals surface area contributed by atoms with Crippen molar-refractivity contribution in [2.45, 2.75) is 38.6 Å². The molecular formula is C19H25N5O3. The number of piperidine rings is 1. The van der Waals surface area contributed by atoms with Crippen LogP contribution in [-0.2, 0) is 14.1 Å². The lowest BCUT2D eigenvalue weighted by atomic mass is 9.98. The van der Waals surface area contributed by atoms with Gasteiger partial charge in [-0.25, -0.2) is 4.79 Å². The number of hydrazone groups is 1. The average molecular weight is 371 g/mol. The number of aromatic nitrogens is 3. The monoisotopic (exact) mass is 371 g/mol. The van der Waals surface area contributed by atoms with Gasteiger partial charge < -0.3 is 5.11 Å². The minimum atomic E-state index is -0.567. The first-order chi connectivity index (χ1) is 13.0. The summed E-state index contributed by atoms with van der Waals surface area (Å²) < 4.78 is 2.06. The largest absolute Gasteiger partial charge is 0.494 e. The molecular weight excluding hydrogens is 346 g/mol. The molecule has 3 rings (SSSR count). The molecule has 8 heteroatoms. The fraction of sp³-hybridized carbons (Fsp3) is 0.474. The van der Waals surface area contributed by atoms with E-state index in [9.17, 15) is 14.7 Å². The van der Waals surface area contributed by atoms with Crippen LogP contribution in [0.15, 0.2) is 39.2 Å². The molecule has 1 aliphatic rings. The summed E-state index contributed by atoms with van der Waals surface area (Å²) in [4.78, 5) is 28.9. The Morgan fingerprint density at radius 3 is 2.74 bits per heavy atom. The van der Waals surface area contributed by atoms with E-state index in [4.69, 9.17) is 5.10 Å². The van der Waals surface area contributed by atoms with Gasteiger partial charge in [0.25, 0.3) is 5.56 Å². The topological polar surface area (TPSA) is 92.7 Å². The van der Waals surface area contributed by atoms with Crippen molar-refractivity contribution in [3.05, 3.63) is 56.5 Å². The molecule has 3 heterocycles. The summed E-state index contributed by atoms with van der Waals surface area (Å²) >= 11 is 0. The van der Waals surface area contributed by atoms with Crippen molar-refractivity contribution in [1.29, 1.82) is 0 Å². The van der Waals surface area contributed by atoms with E-state index in [2.05, 4.69) is 4.98 Å². The first kappa shape index (κ1) is 18.9. The van der Waals surface area contributed by atoms with Gasteiger partial charge in [-0.3, -0.25) is 23.9 Å². The van der Waals surface area contributed by atoms with Gasteiger partial charge in [0.1, 0.15) is 5.56 Å². The van der Waals surface area contributed by atoms with Crippen LogP contribution in [0.5, 0.6) is 5.88 Å². The van der Waals surface area contributed by atoms with Gasteiger partial charge in [-0.15, -0.1) is 0 Å². The third kappa shape index (κ3) is 3.51. The Morgan fingerprint density at radius 2 is 2.07 bits per heavy atom. The van der Waals surface area contributed by atoms with Crippen molar-refractivity contribution in [2.75, 3.05) is 6.54 Å². The zero-order valence-corrected chi connectivity index (χ0v) is 15.9. The Balaban J connectivity index is 2.09. The molecule has 0 amide bonds. The molecule has 1 saturated heterocycles. The molecule has 0 unspecified atom stereocenters. The Labute approximate surface area is 157 Å². The van der Waals surface area contributed by atoms with Crippen molar-refractivity contribution in [1.82, 2.24) is 19.1 Å². The average Bonchev–Trinajstić information content (AvgIpc) is 2.71. The van der Waals surface area contributed by atoms with Crippen LogP contribution in [0.4, 0.5) is 0 Å². The molecule has 1 N–H and O–H groups in total. The molecule has 1 atom stereocenters. The smallest absolute Gasteiger partial charge is 0.333 e. The molecule has 2 aromatic heterocycles. The van der Waals surface area contributed by atoms with Gasteiger partial charge in [0.05, 0.1) is 11.8 Å². The highest BCUT2D eigenvalue weighted by molar-refractivity contribution is 6.01. The minimum absolute atomic E-state index is 0.0764. The second-order valence-corrected chi connectivity index (χ2v) is 6.77. The number of hydrogen-bond acceptors (Lipinski definition) is 6. The highest BCUT2D eigenvalue weighted by Gasteiger charge is 2.25. The summed E-state index contributed by atoms with van der Waals surface area (Å²) in [6.45, 7) is 2.64. The molecule has 0 spiro atoms. The second kappa shape index (κ2) is 7.77. The molecule has 8 nitrogen and oxygen atoms in total. The van der Waals surface area contributed by atoms with Gasteiger partial charge in [-0.1, -0.05) is 13.0 Å². The van der Waals surface area contributed by atoms with Gasteiger partial charge in [0.2, 0.25) is 5.88 Å². The van der Waals surface area contributed by atoms with Crippen LogP contribution in [0.25, 0.3) is 0 Å². The van der Waals surface area contributed by atoms with Crippen molar-refractivity contribution >= 4 is 5.71 Å². The molecule has 0 aliphatic carbocycles. The van der Waals surface area contributed by atoms with E-state index >= 15 is 0 Å². The molecule has 0 radical (unpaired) electrons. The van der Waals surface area contributed by atoms with Crippen molar-refractivity contribution in [2.24, 2.45) is 19.2 Å². The highest BCUT2D eigenvalue weighted by atomic mass is 16.3. The number of hydrogen-bond donors (Lipinski definition) is 1. The number of aromatic hydroxyl groups is 1. The summed E-state index contributed by atoms with van der Waals surface area (Å²) in [6.07, 6.45) is 7.09. The Bertz CT molecular complexity index is 962. The van der Waals surface area contributed by atoms with Crippen LogP contribution >= 0.6 is 0 Å². The highest BCUT2D eigenvalue weighted by Crippen LogP contribution is 2.31. The van der Waals surface area contributed by atoms with E-state index in [0.29, 0.717) is 12.1 Å². The van der Waals surface area contributed by atoms with E-state index in [1.165, 1.54) is 14.1 Å². The molecule has 1 aliphatic heterocycles. The van der Waals surface area contributed by atoms with Crippen LogP contribution in [0.2, 0.25) is 0 Å². The third-order valence-corrected chi connectivity index (χ3v) is 5.05. The zero-order chi connectivity index (χ0) is 19.6. The lowest BCUT2D eigenvalue weighted by molar-refractivity contribution is 0.154. The van der Waals surface area contributed by atoms with E-state index in [1.54, 1.807) is 6.20 Å². The molecule has 2 aromatic rings. The van der Waals surface area contributed by atoms with Crippen LogP contribution in [0, 0.1) is 0 Å². The van der Waals surface area contributed by atoms with Gasteiger partial charge in [0, 0.05) is 33.0 Å². The summed E-state index contributed by atoms with van der Waals surface area (Å²) in [7, 11) is 2.84. The lowest BCUT2D eigenvalue weighted by Crippen LogP contribution is -2.40. The number of pyridine rings is 1. The molecule has 1 fully saturated rings. The van der Waals surface area contributed by atoms with Crippen LogP contribution in [0.1, 0.15) is 49.8 Å². The summed E-state index contributed by atoms with van der Waals surface area (Å²) in [5, 5.41) is 17.2. The molecule has 0 saturated carbocycles. The molecule has 0 aromatic carbocycles. The first-order valence-corrected chi connectivity index (χ1v) is 9.19. The second-order valence-electron chi connectivity index (χ2n) is 6.77. The van der Waals surface area contributed by atoms with Crippen molar-refractivity contribution < 1.29 is 5.11 Å². The maximum Gasteiger partial charge on any atom is 0.333 e. The standard InChI is InChI=1S/C19H25N5O3/c1-4-14(16-17(25)22(2)19(27)23(3)18(16)26)21-24-11-6-5-9-15(24)13-8-7-10-20-12-13/h7-8,10,12,15,25H,4-6,9,11H2,1-3H3/t15-/m0/s1. The van der Waals surface area contributed by atoms with E-state index in [1.807, 2.05) is 30.3 Å². The number of rotatable bonds is 4. The quantitative estimate of drug-likeness (QED) is 0.823. The summed E-state index contributed by atoms with van der Waals surface area (Å²) in [5.41, 5.74) is 0.528. The van der Waals surface area contributed by atoms with E-state index in [-0.39, 0.29) is 17.5 Å². The predicted molar refractivity (Wildman–Crippen MR) is 103 cm³/mol. The Hall–Kier alpha value is -2.90. The molecule has 27 heavy (non-hydrogen) atoms. The predicted octanol–water partition coefficient (Wildman–Crippen LogP) is 1.53. The molecule has 144 valence electrons. The van der Waals surface area contributed by atoms with Gasteiger partial charge >= 0.3 is 5.69 Å². The zero-order valence-electron chi connectivity index (χ0n) is 15.9. The van der Waals surface area contributed by atoms with E-state index in [0.717, 1.165) is 40.5 Å². The Kier molecular flexibility index (Phi) is 5.43. The fourth-order valence-electron chi connectivity index (χ4n) is 3.49. The Morgan fingerprint density at radius 1 is 1.30 bits per heavy atom. The normalized spacial score (nSPS) is 18.0. The molecule has 0 bridgehead atoms.